The highest BCUT2D eigenvalue weighted by Crippen LogP contribution is 2.39. The van der Waals surface area contributed by atoms with Gasteiger partial charge in [-0.2, -0.15) is 0 Å². The molecule has 0 saturated carbocycles. The Bertz CT molecular complexity index is 970. The maximum absolute atomic E-state index is 13.0. The van der Waals surface area contributed by atoms with Crippen molar-refractivity contribution in [2.45, 2.75) is 65.5 Å². The topological polar surface area (TPSA) is 49.7 Å². The molecule has 0 spiro atoms. The molecular formula is C26H35NO4. The van der Waals surface area contributed by atoms with Gasteiger partial charge in [0.1, 0.15) is 18.5 Å². The molecule has 2 aliphatic rings. The third-order valence-electron chi connectivity index (χ3n) is 6.24. The number of rotatable bonds is 7. The summed E-state index contributed by atoms with van der Waals surface area (Å²) in [4.78, 5) is 13.0. The van der Waals surface area contributed by atoms with Crippen molar-refractivity contribution in [3.8, 4) is 17.0 Å². The van der Waals surface area contributed by atoms with Gasteiger partial charge in [0.15, 0.2) is 0 Å². The van der Waals surface area contributed by atoms with E-state index < -0.39 is 0 Å². The minimum atomic E-state index is -0.0941. The number of aromatic nitrogens is 1. The lowest BCUT2D eigenvalue weighted by Crippen LogP contribution is -2.34. The molecule has 4 rings (SSSR count). The average molecular weight is 426 g/mol. The van der Waals surface area contributed by atoms with Gasteiger partial charge in [0.05, 0.1) is 25.5 Å². The third-order valence-corrected chi connectivity index (χ3v) is 6.24. The number of pyridine rings is 1. The molecule has 5 nitrogen and oxygen atoms in total. The lowest BCUT2D eigenvalue weighted by atomic mass is 9.88. The molecule has 1 aromatic heterocycles. The van der Waals surface area contributed by atoms with Crippen LogP contribution in [0.5, 0.6) is 5.75 Å². The first-order valence-corrected chi connectivity index (χ1v) is 11.7. The molecule has 2 aliphatic heterocycles. The first-order chi connectivity index (χ1) is 14.9. The van der Waals surface area contributed by atoms with Crippen LogP contribution < -0.4 is 10.3 Å². The van der Waals surface area contributed by atoms with E-state index in [0.29, 0.717) is 44.6 Å². The molecule has 2 aromatic rings. The third kappa shape index (κ3) is 4.88. The maximum atomic E-state index is 13.0. The van der Waals surface area contributed by atoms with E-state index in [4.69, 9.17) is 14.2 Å². The predicted molar refractivity (Wildman–Crippen MR) is 123 cm³/mol. The summed E-state index contributed by atoms with van der Waals surface area (Å²) in [6.07, 6.45) is 3.09. The van der Waals surface area contributed by atoms with Crippen LogP contribution >= 0.6 is 0 Å². The summed E-state index contributed by atoms with van der Waals surface area (Å²) >= 11 is 0. The number of ether oxygens (including phenoxy) is 3. The van der Waals surface area contributed by atoms with Gasteiger partial charge in [-0.15, -0.1) is 0 Å². The molecule has 1 saturated heterocycles. The highest BCUT2D eigenvalue weighted by atomic mass is 16.6. The van der Waals surface area contributed by atoms with E-state index in [0.717, 1.165) is 24.1 Å². The Hall–Kier alpha value is -2.11. The molecule has 1 atom stereocenters. The maximum Gasteiger partial charge on any atom is 0.254 e. The average Bonchev–Trinajstić information content (AvgIpc) is 2.76. The van der Waals surface area contributed by atoms with Crippen LogP contribution in [0, 0.1) is 5.92 Å². The molecule has 3 heterocycles. The number of aryl methyl sites for hydroxylation is 2. The Balaban J connectivity index is 1.70. The van der Waals surface area contributed by atoms with E-state index >= 15 is 0 Å². The Morgan fingerprint density at radius 3 is 2.71 bits per heavy atom. The molecule has 0 amide bonds. The summed E-state index contributed by atoms with van der Waals surface area (Å²) in [5, 5.41) is 0. The van der Waals surface area contributed by atoms with Crippen molar-refractivity contribution in [2.24, 2.45) is 5.92 Å². The summed E-state index contributed by atoms with van der Waals surface area (Å²) in [7, 11) is 0. The number of hydrogen-bond donors (Lipinski definition) is 0. The van der Waals surface area contributed by atoms with Crippen LogP contribution in [-0.2, 0) is 28.9 Å². The van der Waals surface area contributed by atoms with Gasteiger partial charge in [-0.1, -0.05) is 45.9 Å². The van der Waals surface area contributed by atoms with Crippen LogP contribution in [0.3, 0.4) is 0 Å². The van der Waals surface area contributed by atoms with E-state index in [1.807, 2.05) is 4.57 Å². The van der Waals surface area contributed by atoms with Crippen LogP contribution in [-0.4, -0.2) is 37.1 Å². The fourth-order valence-electron chi connectivity index (χ4n) is 4.57. The van der Waals surface area contributed by atoms with E-state index in [2.05, 4.69) is 45.9 Å². The smallest absolute Gasteiger partial charge is 0.254 e. The van der Waals surface area contributed by atoms with Crippen molar-refractivity contribution in [3.63, 3.8) is 0 Å². The van der Waals surface area contributed by atoms with Crippen LogP contribution in [0.4, 0.5) is 0 Å². The van der Waals surface area contributed by atoms with Gasteiger partial charge < -0.3 is 18.8 Å². The van der Waals surface area contributed by atoms with Crippen molar-refractivity contribution < 1.29 is 14.2 Å². The van der Waals surface area contributed by atoms with E-state index in [9.17, 15) is 4.79 Å². The van der Waals surface area contributed by atoms with Gasteiger partial charge in [0.2, 0.25) is 0 Å². The van der Waals surface area contributed by atoms with Gasteiger partial charge in [-0.05, 0) is 42.2 Å². The minimum Gasteiger partial charge on any atom is -0.490 e. The fraction of sp³-hybridized carbons (Fsp3) is 0.577. The second kappa shape index (κ2) is 9.58. The molecule has 0 unspecified atom stereocenters. The van der Waals surface area contributed by atoms with Crippen molar-refractivity contribution >= 4 is 0 Å². The summed E-state index contributed by atoms with van der Waals surface area (Å²) in [6.45, 7) is 11.7. The fourth-order valence-corrected chi connectivity index (χ4v) is 4.57. The zero-order valence-corrected chi connectivity index (χ0v) is 19.3. The Morgan fingerprint density at radius 1 is 1.16 bits per heavy atom. The highest BCUT2D eigenvalue weighted by Gasteiger charge is 2.26. The van der Waals surface area contributed by atoms with Gasteiger partial charge >= 0.3 is 0 Å². The molecule has 0 radical (unpaired) electrons. The SMILES string of the molecule is CC(C)CCc1ccc2c(c1)CCn1c-2c(C(C)C)c(OC[C@@H]2COCCO2)cc1=O. The highest BCUT2D eigenvalue weighted by molar-refractivity contribution is 5.72. The van der Waals surface area contributed by atoms with Crippen LogP contribution in [0.2, 0.25) is 0 Å². The summed E-state index contributed by atoms with van der Waals surface area (Å²) < 4.78 is 19.3. The zero-order chi connectivity index (χ0) is 22.0. The Morgan fingerprint density at radius 2 is 2.00 bits per heavy atom. The Labute approximate surface area is 185 Å². The number of fused-ring (bicyclic) bond motifs is 3. The first kappa shape index (κ1) is 22.1. The lowest BCUT2D eigenvalue weighted by Gasteiger charge is -2.29. The summed E-state index contributed by atoms with van der Waals surface area (Å²) in [5.74, 6) is 1.60. The molecule has 1 aromatic carbocycles. The number of hydrogen-bond acceptors (Lipinski definition) is 4. The van der Waals surface area contributed by atoms with Crippen molar-refractivity contribution in [3.05, 3.63) is 51.3 Å². The molecule has 1 fully saturated rings. The Kier molecular flexibility index (Phi) is 6.83. The van der Waals surface area contributed by atoms with Crippen LogP contribution in [0.1, 0.15) is 56.7 Å². The molecule has 0 bridgehead atoms. The van der Waals surface area contributed by atoms with Gasteiger partial charge in [0, 0.05) is 23.7 Å². The van der Waals surface area contributed by atoms with E-state index in [1.165, 1.54) is 23.1 Å². The second-order valence-corrected chi connectivity index (χ2v) is 9.47. The number of benzene rings is 1. The molecule has 168 valence electrons. The monoisotopic (exact) mass is 425 g/mol. The van der Waals surface area contributed by atoms with Crippen molar-refractivity contribution in [2.75, 3.05) is 26.4 Å². The van der Waals surface area contributed by atoms with Gasteiger partial charge in [-0.3, -0.25) is 4.79 Å². The second-order valence-electron chi connectivity index (χ2n) is 9.47. The molecular weight excluding hydrogens is 390 g/mol. The van der Waals surface area contributed by atoms with Crippen LogP contribution in [0.15, 0.2) is 29.1 Å². The first-order valence-electron chi connectivity index (χ1n) is 11.7. The van der Waals surface area contributed by atoms with Crippen molar-refractivity contribution in [1.29, 1.82) is 0 Å². The lowest BCUT2D eigenvalue weighted by molar-refractivity contribution is -0.101. The predicted octanol–water partition coefficient (Wildman–Crippen LogP) is 4.58. The molecule has 0 N–H and O–H groups in total. The zero-order valence-electron chi connectivity index (χ0n) is 19.3. The van der Waals surface area contributed by atoms with E-state index in [1.54, 1.807) is 6.07 Å². The normalized spacial score (nSPS) is 18.2. The summed E-state index contributed by atoms with van der Waals surface area (Å²) in [5.41, 5.74) is 6.02. The largest absolute Gasteiger partial charge is 0.490 e. The van der Waals surface area contributed by atoms with Crippen molar-refractivity contribution in [1.82, 2.24) is 4.57 Å². The molecule has 5 heteroatoms. The van der Waals surface area contributed by atoms with E-state index in [-0.39, 0.29) is 17.6 Å². The quantitative estimate of drug-likeness (QED) is 0.652. The minimum absolute atomic E-state index is 0.00440. The van der Waals surface area contributed by atoms with Gasteiger partial charge in [-0.25, -0.2) is 0 Å². The van der Waals surface area contributed by atoms with Gasteiger partial charge in [0.25, 0.3) is 5.56 Å². The standard InChI is InChI=1S/C26H35NO4/c1-17(2)5-6-19-7-8-22-20(13-19)9-10-27-24(28)14-23(25(18(3)4)26(22)27)31-16-21-15-29-11-12-30-21/h7-8,13-14,17-18,21H,5-6,9-12,15-16H2,1-4H3/t21-/m0/s1. The molecule has 0 aliphatic carbocycles. The van der Waals surface area contributed by atoms with Crippen LogP contribution in [0.25, 0.3) is 11.3 Å². The molecule has 31 heavy (non-hydrogen) atoms. The number of nitrogens with zero attached hydrogens (tertiary/aromatic N) is 1. The summed E-state index contributed by atoms with van der Waals surface area (Å²) in [6, 6.07) is 8.44.